The number of aliphatic hydroxyl groups excluding tert-OH is 1. The summed E-state index contributed by atoms with van der Waals surface area (Å²) in [4.78, 5) is 2.21. The Morgan fingerprint density at radius 2 is 1.90 bits per heavy atom. The van der Waals surface area contributed by atoms with Crippen LogP contribution in [-0.4, -0.2) is 41.6 Å². The number of ether oxygens (including phenoxy) is 1. The highest BCUT2D eigenvalue weighted by Gasteiger charge is 2.21. The summed E-state index contributed by atoms with van der Waals surface area (Å²) in [7, 11) is 1.60. The molecule has 0 bridgehead atoms. The Morgan fingerprint density at radius 3 is 2.60 bits per heavy atom. The highest BCUT2D eigenvalue weighted by atomic mass is 35.5. The second-order valence-corrected chi connectivity index (χ2v) is 7.87. The van der Waals surface area contributed by atoms with Crippen LogP contribution in [0.25, 0.3) is 10.8 Å². The number of anilines is 2. The van der Waals surface area contributed by atoms with E-state index in [4.69, 9.17) is 16.3 Å². The molecule has 8 heteroatoms. The maximum atomic E-state index is 9.81. The number of hydrogen-bond acceptors (Lipinski definition) is 6. The number of rotatable bonds is 5. The third-order valence-electron chi connectivity index (χ3n) is 5.36. The fourth-order valence-electron chi connectivity index (χ4n) is 3.70. The van der Waals surface area contributed by atoms with E-state index in [0.717, 1.165) is 53.9 Å². The highest BCUT2D eigenvalue weighted by Crippen LogP contribution is 2.31. The summed E-state index contributed by atoms with van der Waals surface area (Å²) < 4.78 is 5.22. The molecule has 0 saturated carbocycles. The number of nitrogens with zero attached hydrogens (tertiary/aromatic N) is 3. The van der Waals surface area contributed by atoms with E-state index in [0.29, 0.717) is 17.3 Å². The lowest BCUT2D eigenvalue weighted by atomic mass is 10.1. The van der Waals surface area contributed by atoms with Crippen molar-refractivity contribution >= 4 is 46.4 Å². The molecule has 0 unspecified atom stereocenters. The van der Waals surface area contributed by atoms with Gasteiger partial charge in [0, 0.05) is 30.4 Å². The first kappa shape index (κ1) is 22.4. The van der Waals surface area contributed by atoms with E-state index in [1.165, 1.54) is 5.56 Å². The van der Waals surface area contributed by atoms with E-state index in [2.05, 4.69) is 45.5 Å². The van der Waals surface area contributed by atoms with Crippen molar-refractivity contribution in [1.29, 1.82) is 0 Å². The Kier molecular flexibility index (Phi) is 7.23. The number of aromatic nitrogens is 2. The third kappa shape index (κ3) is 4.72. The summed E-state index contributed by atoms with van der Waals surface area (Å²) in [6.45, 7) is 4.23. The molecule has 1 aromatic heterocycles. The minimum absolute atomic E-state index is 0. The van der Waals surface area contributed by atoms with Crippen molar-refractivity contribution in [2.24, 2.45) is 0 Å². The second kappa shape index (κ2) is 9.69. The van der Waals surface area contributed by atoms with Crippen LogP contribution in [0.15, 0.2) is 36.4 Å². The van der Waals surface area contributed by atoms with Crippen molar-refractivity contribution in [2.75, 3.05) is 30.4 Å². The summed E-state index contributed by atoms with van der Waals surface area (Å²) in [5, 5.41) is 24.9. The number of hydrogen-bond donors (Lipinski definition) is 2. The van der Waals surface area contributed by atoms with Crippen molar-refractivity contribution in [3.63, 3.8) is 0 Å². The fraction of sp³-hybridized carbons (Fsp3) is 0.364. The minimum atomic E-state index is -0.218. The molecule has 3 aromatic rings. The molecule has 30 heavy (non-hydrogen) atoms. The number of aryl methyl sites for hydroxylation is 1. The largest absolute Gasteiger partial charge is 0.495 e. The Bertz CT molecular complexity index is 1020. The minimum Gasteiger partial charge on any atom is -0.495 e. The van der Waals surface area contributed by atoms with Gasteiger partial charge in [-0.2, -0.15) is 0 Å². The molecule has 2 aromatic carbocycles. The normalized spacial score (nSPS) is 14.5. The fourth-order valence-corrected chi connectivity index (χ4v) is 3.98. The molecule has 1 aliphatic heterocycles. The van der Waals surface area contributed by atoms with Gasteiger partial charge in [-0.1, -0.05) is 35.4 Å². The molecule has 0 amide bonds. The van der Waals surface area contributed by atoms with Gasteiger partial charge in [-0.15, -0.1) is 22.6 Å². The SMILES string of the molecule is COc1ccc(CNc2nnc(N3CCC(O)CC3)c3ccc(C)cc23)cc1Cl.Cl. The van der Waals surface area contributed by atoms with Gasteiger partial charge in [0.1, 0.15) is 5.75 Å². The van der Waals surface area contributed by atoms with Crippen LogP contribution in [0.4, 0.5) is 11.6 Å². The van der Waals surface area contributed by atoms with Gasteiger partial charge in [-0.05, 0) is 43.5 Å². The molecule has 160 valence electrons. The molecule has 0 radical (unpaired) electrons. The highest BCUT2D eigenvalue weighted by molar-refractivity contribution is 6.32. The molecule has 1 fully saturated rings. The Balaban J connectivity index is 0.00000256. The molecule has 0 spiro atoms. The zero-order valence-electron chi connectivity index (χ0n) is 17.1. The quantitative estimate of drug-likeness (QED) is 0.594. The van der Waals surface area contributed by atoms with Gasteiger partial charge in [0.05, 0.1) is 18.2 Å². The number of aliphatic hydroxyl groups is 1. The van der Waals surface area contributed by atoms with Gasteiger partial charge in [0.15, 0.2) is 11.6 Å². The van der Waals surface area contributed by atoms with E-state index in [-0.39, 0.29) is 18.5 Å². The summed E-state index contributed by atoms with van der Waals surface area (Å²) in [5.74, 6) is 2.29. The Morgan fingerprint density at radius 1 is 1.13 bits per heavy atom. The molecule has 1 saturated heterocycles. The van der Waals surface area contributed by atoms with E-state index < -0.39 is 0 Å². The van der Waals surface area contributed by atoms with Crippen molar-refractivity contribution in [3.8, 4) is 5.75 Å². The van der Waals surface area contributed by atoms with Gasteiger partial charge >= 0.3 is 0 Å². The van der Waals surface area contributed by atoms with Crippen LogP contribution in [0, 0.1) is 6.92 Å². The van der Waals surface area contributed by atoms with Crippen molar-refractivity contribution in [3.05, 3.63) is 52.5 Å². The van der Waals surface area contributed by atoms with Gasteiger partial charge in [-0.25, -0.2) is 0 Å². The number of nitrogens with one attached hydrogen (secondary N) is 1. The summed E-state index contributed by atoms with van der Waals surface area (Å²) in [5.41, 5.74) is 2.20. The average Bonchev–Trinajstić information content (AvgIpc) is 2.72. The van der Waals surface area contributed by atoms with Crippen LogP contribution >= 0.6 is 24.0 Å². The van der Waals surface area contributed by atoms with Crippen LogP contribution in [-0.2, 0) is 6.54 Å². The molecule has 6 nitrogen and oxygen atoms in total. The maximum absolute atomic E-state index is 9.81. The lowest BCUT2D eigenvalue weighted by Gasteiger charge is -2.31. The predicted octanol–water partition coefficient (Wildman–Crippen LogP) is 4.60. The first-order chi connectivity index (χ1) is 14.0. The molecular weight excluding hydrogens is 423 g/mol. The van der Waals surface area contributed by atoms with Crippen molar-refractivity contribution in [1.82, 2.24) is 10.2 Å². The standard InChI is InChI=1S/C22H25ClN4O2.ClH/c1-14-3-5-17-18(11-14)21(24-13-15-4-6-20(29-2)19(23)12-15)25-26-22(17)27-9-7-16(28)8-10-27;/h3-6,11-12,16,28H,7-10,13H2,1-2H3,(H,24,25);1H. The topological polar surface area (TPSA) is 70.5 Å². The molecule has 0 aliphatic carbocycles. The van der Waals surface area contributed by atoms with Crippen molar-refractivity contribution < 1.29 is 9.84 Å². The van der Waals surface area contributed by atoms with Gasteiger partial charge in [-0.3, -0.25) is 0 Å². The Labute approximate surface area is 187 Å². The number of fused-ring (bicyclic) bond motifs is 1. The molecule has 1 aliphatic rings. The van der Waals surface area contributed by atoms with E-state index >= 15 is 0 Å². The summed E-state index contributed by atoms with van der Waals surface area (Å²) >= 11 is 6.24. The van der Waals surface area contributed by atoms with Gasteiger partial charge in [0.25, 0.3) is 0 Å². The molecule has 4 rings (SSSR count). The Hall–Kier alpha value is -2.28. The van der Waals surface area contributed by atoms with E-state index in [1.54, 1.807) is 7.11 Å². The van der Waals surface area contributed by atoms with Gasteiger partial charge in [0.2, 0.25) is 0 Å². The molecule has 2 heterocycles. The van der Waals surface area contributed by atoms with Crippen LogP contribution in [0.5, 0.6) is 5.75 Å². The first-order valence-corrected chi connectivity index (χ1v) is 10.2. The lowest BCUT2D eigenvalue weighted by molar-refractivity contribution is 0.145. The zero-order valence-corrected chi connectivity index (χ0v) is 18.6. The van der Waals surface area contributed by atoms with Crippen LogP contribution in [0.2, 0.25) is 5.02 Å². The van der Waals surface area contributed by atoms with E-state index in [9.17, 15) is 5.11 Å². The van der Waals surface area contributed by atoms with Crippen LogP contribution < -0.4 is 15.0 Å². The molecule has 0 atom stereocenters. The summed E-state index contributed by atoms with van der Waals surface area (Å²) in [6.07, 6.45) is 1.30. The van der Waals surface area contributed by atoms with E-state index in [1.807, 2.05) is 18.2 Å². The third-order valence-corrected chi connectivity index (χ3v) is 5.65. The lowest BCUT2D eigenvalue weighted by Crippen LogP contribution is -2.36. The van der Waals surface area contributed by atoms with Crippen molar-refractivity contribution in [2.45, 2.75) is 32.4 Å². The smallest absolute Gasteiger partial charge is 0.159 e. The monoisotopic (exact) mass is 448 g/mol. The van der Waals surface area contributed by atoms with Crippen LogP contribution in [0.1, 0.15) is 24.0 Å². The molecular formula is C22H26Cl2N4O2. The zero-order chi connectivity index (χ0) is 20.4. The maximum Gasteiger partial charge on any atom is 0.159 e. The first-order valence-electron chi connectivity index (χ1n) is 9.81. The second-order valence-electron chi connectivity index (χ2n) is 7.46. The predicted molar refractivity (Wildman–Crippen MR) is 124 cm³/mol. The number of halogens is 2. The average molecular weight is 449 g/mol. The number of piperidine rings is 1. The summed E-state index contributed by atoms with van der Waals surface area (Å²) in [6, 6.07) is 12.1. The number of methoxy groups -OCH3 is 1. The van der Waals surface area contributed by atoms with Crippen LogP contribution in [0.3, 0.4) is 0 Å². The van der Waals surface area contributed by atoms with Gasteiger partial charge < -0.3 is 20.1 Å². The number of benzene rings is 2. The molecule has 2 N–H and O–H groups in total.